The summed E-state index contributed by atoms with van der Waals surface area (Å²) in [5.41, 5.74) is 0. The number of hydrogen-bond acceptors (Lipinski definition) is 4. The van der Waals surface area contributed by atoms with Crippen LogP contribution < -0.4 is 0 Å². The molecule has 6 nitrogen and oxygen atoms in total. The number of aliphatic hydroxyl groups excluding tert-OH is 1. The van der Waals surface area contributed by atoms with Crippen molar-refractivity contribution in [3.8, 4) is 0 Å². The predicted molar refractivity (Wildman–Crippen MR) is 73.2 cm³/mol. The molecule has 2 N–H and O–H groups in total. The van der Waals surface area contributed by atoms with Crippen molar-refractivity contribution in [1.29, 1.82) is 0 Å². The zero-order valence-corrected chi connectivity index (χ0v) is 12.2. The highest BCUT2D eigenvalue weighted by Crippen LogP contribution is 2.39. The predicted octanol–water partition coefficient (Wildman–Crippen LogP) is 0.591. The number of ether oxygens (including phenoxy) is 1. The van der Waals surface area contributed by atoms with Crippen molar-refractivity contribution in [3.05, 3.63) is 0 Å². The second-order valence-corrected chi connectivity index (χ2v) is 5.34. The van der Waals surface area contributed by atoms with E-state index < -0.39 is 17.8 Å². The Bertz CT molecular complexity index is 334. The van der Waals surface area contributed by atoms with Crippen LogP contribution in [0, 0.1) is 17.8 Å². The van der Waals surface area contributed by atoms with Crippen LogP contribution in [0.4, 0.5) is 0 Å². The molecule has 0 aliphatic heterocycles. The molecule has 0 aromatic rings. The normalized spacial score (nSPS) is 25.6. The van der Waals surface area contributed by atoms with Gasteiger partial charge in [0.2, 0.25) is 5.91 Å². The summed E-state index contributed by atoms with van der Waals surface area (Å²) in [4.78, 5) is 25.4. The summed E-state index contributed by atoms with van der Waals surface area (Å²) in [6, 6.07) is 0. The minimum absolute atomic E-state index is 0.128. The van der Waals surface area contributed by atoms with Crippen molar-refractivity contribution in [1.82, 2.24) is 4.90 Å². The van der Waals surface area contributed by atoms with E-state index in [2.05, 4.69) is 0 Å². The highest BCUT2D eigenvalue weighted by molar-refractivity contribution is 5.85. The topological polar surface area (TPSA) is 87.1 Å². The Morgan fingerprint density at radius 1 is 1.25 bits per heavy atom. The number of hydrogen-bond donors (Lipinski definition) is 2. The molecule has 1 fully saturated rings. The van der Waals surface area contributed by atoms with Crippen LogP contribution in [0.3, 0.4) is 0 Å². The maximum absolute atomic E-state index is 12.5. The van der Waals surface area contributed by atoms with Gasteiger partial charge in [-0.3, -0.25) is 9.59 Å². The first kappa shape index (κ1) is 16.9. The number of nitrogens with zero attached hydrogens (tertiary/aromatic N) is 1. The Hall–Kier alpha value is -1.14. The van der Waals surface area contributed by atoms with Crippen LogP contribution in [0.2, 0.25) is 0 Å². The van der Waals surface area contributed by atoms with Crippen molar-refractivity contribution < 1.29 is 24.5 Å². The number of carbonyl (C=O) groups excluding carboxylic acids is 1. The van der Waals surface area contributed by atoms with E-state index in [-0.39, 0.29) is 19.1 Å². The molecule has 116 valence electrons. The Balaban J connectivity index is 2.76. The first-order valence-corrected chi connectivity index (χ1v) is 7.16. The molecule has 0 bridgehead atoms. The third-order valence-corrected chi connectivity index (χ3v) is 4.12. The maximum atomic E-state index is 12.5. The van der Waals surface area contributed by atoms with E-state index in [1.165, 1.54) is 4.90 Å². The standard InChI is InChI=1S/C14H25NO5/c1-3-10-8-11(12(9-10)14(18)19)13(17)15(4-6-16)5-7-20-2/h10-12,16H,3-9H2,1-2H3,(H,18,19). The fourth-order valence-electron chi connectivity index (χ4n) is 2.91. The molecule has 6 heteroatoms. The molecule has 0 aromatic carbocycles. The lowest BCUT2D eigenvalue weighted by molar-refractivity contribution is -0.149. The third-order valence-electron chi connectivity index (χ3n) is 4.12. The fourth-order valence-corrected chi connectivity index (χ4v) is 2.91. The number of carboxylic acids is 1. The second-order valence-electron chi connectivity index (χ2n) is 5.34. The summed E-state index contributed by atoms with van der Waals surface area (Å²) < 4.78 is 4.96. The highest BCUT2D eigenvalue weighted by atomic mass is 16.5. The SMILES string of the molecule is CCC1CC(C(=O)O)C(C(=O)N(CCO)CCOC)C1. The quantitative estimate of drug-likeness (QED) is 0.682. The van der Waals surface area contributed by atoms with E-state index >= 15 is 0 Å². The van der Waals surface area contributed by atoms with Crippen molar-refractivity contribution in [2.24, 2.45) is 17.8 Å². The van der Waals surface area contributed by atoms with Crippen LogP contribution in [0.25, 0.3) is 0 Å². The summed E-state index contributed by atoms with van der Waals surface area (Å²) in [5, 5.41) is 18.3. The van der Waals surface area contributed by atoms with Gasteiger partial charge in [0.1, 0.15) is 0 Å². The molecular weight excluding hydrogens is 262 g/mol. The summed E-state index contributed by atoms with van der Waals surface area (Å²) >= 11 is 0. The van der Waals surface area contributed by atoms with E-state index in [1.807, 2.05) is 6.92 Å². The molecule has 3 unspecified atom stereocenters. The Kier molecular flexibility index (Phi) is 6.95. The molecule has 0 radical (unpaired) electrons. The third kappa shape index (κ3) is 4.18. The zero-order chi connectivity index (χ0) is 15.1. The second kappa shape index (κ2) is 8.21. The molecule has 1 amide bonds. The minimum atomic E-state index is -0.894. The minimum Gasteiger partial charge on any atom is -0.481 e. The Morgan fingerprint density at radius 2 is 1.90 bits per heavy atom. The average molecular weight is 287 g/mol. The maximum Gasteiger partial charge on any atom is 0.307 e. The lowest BCUT2D eigenvalue weighted by Crippen LogP contribution is -2.42. The highest BCUT2D eigenvalue weighted by Gasteiger charge is 2.43. The van der Waals surface area contributed by atoms with Gasteiger partial charge in [0, 0.05) is 20.2 Å². The van der Waals surface area contributed by atoms with Crippen LogP contribution in [-0.4, -0.2) is 60.4 Å². The smallest absolute Gasteiger partial charge is 0.307 e. The number of rotatable bonds is 8. The van der Waals surface area contributed by atoms with Gasteiger partial charge in [-0.15, -0.1) is 0 Å². The van der Waals surface area contributed by atoms with E-state index in [1.54, 1.807) is 7.11 Å². The first-order valence-electron chi connectivity index (χ1n) is 7.16. The van der Waals surface area contributed by atoms with Gasteiger partial charge in [0.05, 0.1) is 25.0 Å². The van der Waals surface area contributed by atoms with Gasteiger partial charge < -0.3 is 19.8 Å². The summed E-state index contributed by atoms with van der Waals surface area (Å²) in [6.07, 6.45) is 2.09. The van der Waals surface area contributed by atoms with Gasteiger partial charge in [0.15, 0.2) is 0 Å². The van der Waals surface area contributed by atoms with Crippen molar-refractivity contribution in [2.45, 2.75) is 26.2 Å². The number of carboxylic acid groups (broad SMARTS) is 1. The monoisotopic (exact) mass is 287 g/mol. The molecule has 1 aliphatic carbocycles. The van der Waals surface area contributed by atoms with Gasteiger partial charge in [-0.25, -0.2) is 0 Å². The van der Waals surface area contributed by atoms with Gasteiger partial charge in [0.25, 0.3) is 0 Å². The van der Waals surface area contributed by atoms with Gasteiger partial charge in [-0.05, 0) is 18.8 Å². The van der Waals surface area contributed by atoms with Crippen LogP contribution in [0.1, 0.15) is 26.2 Å². The summed E-state index contributed by atoms with van der Waals surface area (Å²) in [7, 11) is 1.55. The van der Waals surface area contributed by atoms with Crippen molar-refractivity contribution >= 4 is 11.9 Å². The van der Waals surface area contributed by atoms with E-state index in [0.29, 0.717) is 31.9 Å². The average Bonchev–Trinajstić information content (AvgIpc) is 2.87. The van der Waals surface area contributed by atoms with Crippen LogP contribution >= 0.6 is 0 Å². The van der Waals surface area contributed by atoms with Gasteiger partial charge in [-0.1, -0.05) is 13.3 Å². The molecule has 1 rings (SSSR count). The van der Waals surface area contributed by atoms with Crippen molar-refractivity contribution in [3.63, 3.8) is 0 Å². The number of carbonyl (C=O) groups is 2. The van der Waals surface area contributed by atoms with Crippen molar-refractivity contribution in [2.75, 3.05) is 33.4 Å². The number of methoxy groups -OCH3 is 1. The number of amides is 1. The first-order chi connectivity index (χ1) is 9.54. The van der Waals surface area contributed by atoms with Gasteiger partial charge >= 0.3 is 5.97 Å². The molecule has 1 aliphatic rings. The molecule has 20 heavy (non-hydrogen) atoms. The zero-order valence-electron chi connectivity index (χ0n) is 12.2. The fraction of sp³-hybridized carbons (Fsp3) is 0.857. The van der Waals surface area contributed by atoms with E-state index in [9.17, 15) is 14.7 Å². The Labute approximate surface area is 119 Å². The van der Waals surface area contributed by atoms with Gasteiger partial charge in [-0.2, -0.15) is 0 Å². The number of aliphatic hydroxyl groups is 1. The van der Waals surface area contributed by atoms with Crippen LogP contribution in [0.5, 0.6) is 0 Å². The molecule has 0 saturated heterocycles. The van der Waals surface area contributed by atoms with E-state index in [4.69, 9.17) is 9.84 Å². The molecule has 0 aromatic heterocycles. The van der Waals surface area contributed by atoms with Crippen LogP contribution in [-0.2, 0) is 14.3 Å². The lowest BCUT2D eigenvalue weighted by Gasteiger charge is -2.26. The lowest BCUT2D eigenvalue weighted by atomic mass is 9.94. The Morgan fingerprint density at radius 3 is 2.40 bits per heavy atom. The van der Waals surface area contributed by atoms with E-state index in [0.717, 1.165) is 6.42 Å². The summed E-state index contributed by atoms with van der Waals surface area (Å²) in [5.74, 6) is -1.84. The molecule has 1 saturated carbocycles. The largest absolute Gasteiger partial charge is 0.481 e. The summed E-state index contributed by atoms with van der Waals surface area (Å²) in [6.45, 7) is 2.88. The molecule has 3 atom stereocenters. The van der Waals surface area contributed by atoms with Crippen LogP contribution in [0.15, 0.2) is 0 Å². The molecule has 0 spiro atoms. The number of aliphatic carboxylic acids is 1. The molecule has 0 heterocycles. The molecular formula is C14H25NO5.